The number of nitrogens with zero attached hydrogens (tertiary/aromatic N) is 2. The second kappa shape index (κ2) is 3.59. The minimum absolute atomic E-state index is 0.375. The Hall–Kier alpha value is -2.36. The summed E-state index contributed by atoms with van der Waals surface area (Å²) in [4.78, 5) is 17.3. The largest absolute Gasteiger partial charge is 0.366 e. The minimum atomic E-state index is -0.375. The molecule has 17 heavy (non-hydrogen) atoms. The molecule has 84 valence electrons. The second-order valence-electron chi connectivity index (χ2n) is 4.03. The van der Waals surface area contributed by atoms with Crippen LogP contribution in [-0.2, 0) is 11.2 Å². The van der Waals surface area contributed by atoms with Crippen LogP contribution in [0.4, 0.5) is 5.69 Å². The summed E-state index contributed by atoms with van der Waals surface area (Å²) in [7, 11) is 0. The van der Waals surface area contributed by atoms with E-state index in [4.69, 9.17) is 5.73 Å². The highest BCUT2D eigenvalue weighted by molar-refractivity contribution is 5.97. The molecule has 0 bridgehead atoms. The van der Waals surface area contributed by atoms with Crippen LogP contribution in [-0.4, -0.2) is 12.1 Å². The number of anilines is 1. The molecule has 1 aromatic carbocycles. The van der Waals surface area contributed by atoms with Crippen LogP contribution in [0.3, 0.4) is 0 Å². The average Bonchev–Trinajstić information content (AvgIpc) is 2.53. The van der Waals surface area contributed by atoms with Crippen LogP contribution in [0.5, 0.6) is 0 Å². The zero-order chi connectivity index (χ0) is 11.8. The fraction of sp³-hybridized carbons (Fsp3) is 0.0769. The normalized spacial score (nSPS) is 16.2. The highest BCUT2D eigenvalue weighted by atomic mass is 16.1. The van der Waals surface area contributed by atoms with Gasteiger partial charge in [-0.05, 0) is 5.56 Å². The fourth-order valence-electron chi connectivity index (χ4n) is 2.16. The molecular formula is C13H11N3O. The van der Waals surface area contributed by atoms with Crippen molar-refractivity contribution >= 4 is 17.8 Å². The highest BCUT2D eigenvalue weighted by Crippen LogP contribution is 2.32. The number of carbonyl (C=O) groups excluding carboxylic acids is 1. The number of carbonyl (C=O) groups is 1. The van der Waals surface area contributed by atoms with Gasteiger partial charge < -0.3 is 10.6 Å². The quantitative estimate of drug-likeness (QED) is 0.783. The monoisotopic (exact) mass is 225 g/mol. The molecule has 0 unspecified atom stereocenters. The molecule has 3 rings (SSSR count). The summed E-state index contributed by atoms with van der Waals surface area (Å²) < 4.78 is 0. The van der Waals surface area contributed by atoms with Gasteiger partial charge in [-0.1, -0.05) is 18.2 Å². The topological polar surface area (TPSA) is 58.7 Å². The van der Waals surface area contributed by atoms with Crippen molar-refractivity contribution in [2.24, 2.45) is 10.7 Å². The van der Waals surface area contributed by atoms with Gasteiger partial charge in [0.1, 0.15) is 0 Å². The van der Waals surface area contributed by atoms with Gasteiger partial charge in [0.2, 0.25) is 5.91 Å². The smallest absolute Gasteiger partial charge is 0.246 e. The van der Waals surface area contributed by atoms with Gasteiger partial charge in [-0.3, -0.25) is 9.79 Å². The van der Waals surface area contributed by atoms with E-state index in [1.54, 1.807) is 12.4 Å². The maximum Gasteiger partial charge on any atom is 0.246 e. The van der Waals surface area contributed by atoms with E-state index < -0.39 is 0 Å². The molecule has 2 N–H and O–H groups in total. The first-order valence-corrected chi connectivity index (χ1v) is 5.36. The number of para-hydroxylation sites is 1. The number of benzene rings is 1. The standard InChI is InChI=1S/C13H11N3O/c14-13(17)11-6-9-2-1-3-10-7-15-4-5-16(8-11)12(9)10/h1-5,7-8H,6H2,(H2,14,17). The fourth-order valence-corrected chi connectivity index (χ4v) is 2.16. The Morgan fingerprint density at radius 2 is 2.29 bits per heavy atom. The SMILES string of the molecule is NC(=O)C1=CN2C=CN=Cc3cccc(c32)C1. The van der Waals surface area contributed by atoms with Gasteiger partial charge in [-0.2, -0.15) is 0 Å². The molecule has 0 aliphatic carbocycles. The molecule has 1 aromatic rings. The second-order valence-corrected chi connectivity index (χ2v) is 4.03. The zero-order valence-electron chi connectivity index (χ0n) is 9.13. The van der Waals surface area contributed by atoms with Crippen LogP contribution >= 0.6 is 0 Å². The molecule has 4 nitrogen and oxygen atoms in total. The van der Waals surface area contributed by atoms with Crippen molar-refractivity contribution in [3.63, 3.8) is 0 Å². The van der Waals surface area contributed by atoms with Crippen LogP contribution < -0.4 is 10.6 Å². The first-order valence-electron chi connectivity index (χ1n) is 5.36. The maximum absolute atomic E-state index is 11.3. The predicted octanol–water partition coefficient (Wildman–Crippen LogP) is 1.32. The Kier molecular flexibility index (Phi) is 2.08. The van der Waals surface area contributed by atoms with Crippen molar-refractivity contribution in [2.75, 3.05) is 4.90 Å². The summed E-state index contributed by atoms with van der Waals surface area (Å²) in [6.45, 7) is 0. The Morgan fingerprint density at radius 3 is 3.12 bits per heavy atom. The van der Waals surface area contributed by atoms with Crippen LogP contribution in [0.2, 0.25) is 0 Å². The van der Waals surface area contributed by atoms with Crippen LogP contribution in [0, 0.1) is 0 Å². The summed E-state index contributed by atoms with van der Waals surface area (Å²) in [5.41, 5.74) is 9.18. The Bertz CT molecular complexity index is 584. The summed E-state index contributed by atoms with van der Waals surface area (Å²) >= 11 is 0. The maximum atomic E-state index is 11.3. The van der Waals surface area contributed by atoms with E-state index in [1.165, 1.54) is 0 Å². The lowest BCUT2D eigenvalue weighted by Crippen LogP contribution is -2.24. The van der Waals surface area contributed by atoms with E-state index in [2.05, 4.69) is 4.99 Å². The number of amides is 1. The average molecular weight is 225 g/mol. The molecule has 0 saturated heterocycles. The number of nitrogens with two attached hydrogens (primary N) is 1. The van der Waals surface area contributed by atoms with E-state index in [1.807, 2.05) is 35.5 Å². The van der Waals surface area contributed by atoms with Gasteiger partial charge in [0.25, 0.3) is 0 Å². The molecular weight excluding hydrogens is 214 g/mol. The van der Waals surface area contributed by atoms with Gasteiger partial charge >= 0.3 is 0 Å². The Labute approximate surface area is 98.8 Å². The van der Waals surface area contributed by atoms with Gasteiger partial charge in [-0.25, -0.2) is 0 Å². The molecule has 2 heterocycles. The molecule has 0 spiro atoms. The lowest BCUT2D eigenvalue weighted by atomic mass is 9.96. The summed E-state index contributed by atoms with van der Waals surface area (Å²) in [6.07, 6.45) is 7.70. The van der Waals surface area contributed by atoms with Crippen molar-refractivity contribution in [1.29, 1.82) is 0 Å². The molecule has 0 radical (unpaired) electrons. The van der Waals surface area contributed by atoms with Crippen molar-refractivity contribution in [3.8, 4) is 0 Å². The third-order valence-corrected chi connectivity index (χ3v) is 2.93. The van der Waals surface area contributed by atoms with Crippen LogP contribution in [0.1, 0.15) is 11.1 Å². The summed E-state index contributed by atoms with van der Waals surface area (Å²) in [6, 6.07) is 5.98. The molecule has 0 atom stereocenters. The minimum Gasteiger partial charge on any atom is -0.366 e. The molecule has 0 aromatic heterocycles. The van der Waals surface area contributed by atoms with Crippen LogP contribution in [0.15, 0.2) is 47.4 Å². The predicted molar refractivity (Wildman–Crippen MR) is 66.6 cm³/mol. The summed E-state index contributed by atoms with van der Waals surface area (Å²) in [5.74, 6) is -0.375. The Balaban J connectivity index is 2.20. The van der Waals surface area contributed by atoms with Crippen molar-refractivity contribution < 1.29 is 4.79 Å². The molecule has 2 aliphatic rings. The van der Waals surface area contributed by atoms with Crippen LogP contribution in [0.25, 0.3) is 0 Å². The number of aliphatic imine (C=N–C) groups is 1. The van der Waals surface area contributed by atoms with E-state index in [0.29, 0.717) is 12.0 Å². The van der Waals surface area contributed by atoms with E-state index in [9.17, 15) is 4.79 Å². The lowest BCUT2D eigenvalue weighted by Gasteiger charge is -2.26. The van der Waals surface area contributed by atoms with Gasteiger partial charge in [-0.15, -0.1) is 0 Å². The lowest BCUT2D eigenvalue weighted by molar-refractivity contribution is -0.114. The van der Waals surface area contributed by atoms with E-state index in [0.717, 1.165) is 16.8 Å². The van der Waals surface area contributed by atoms with Gasteiger partial charge in [0, 0.05) is 42.4 Å². The van der Waals surface area contributed by atoms with Crippen molar-refractivity contribution in [3.05, 3.63) is 53.5 Å². The van der Waals surface area contributed by atoms with Gasteiger partial charge in [0.15, 0.2) is 0 Å². The first-order chi connectivity index (χ1) is 8.25. The molecule has 0 saturated carbocycles. The third kappa shape index (κ3) is 1.54. The van der Waals surface area contributed by atoms with E-state index in [-0.39, 0.29) is 5.91 Å². The molecule has 4 heteroatoms. The van der Waals surface area contributed by atoms with Crippen molar-refractivity contribution in [2.45, 2.75) is 6.42 Å². The molecule has 1 amide bonds. The first kappa shape index (κ1) is 9.84. The third-order valence-electron chi connectivity index (χ3n) is 2.93. The number of hydrogen-bond acceptors (Lipinski definition) is 3. The number of primary amides is 1. The summed E-state index contributed by atoms with van der Waals surface area (Å²) in [5, 5.41) is 0. The van der Waals surface area contributed by atoms with Gasteiger partial charge in [0.05, 0.1) is 5.69 Å². The van der Waals surface area contributed by atoms with Crippen molar-refractivity contribution in [1.82, 2.24) is 0 Å². The zero-order valence-corrected chi connectivity index (χ0v) is 9.13. The number of hydrogen-bond donors (Lipinski definition) is 1. The Morgan fingerprint density at radius 1 is 1.41 bits per heavy atom. The molecule has 2 aliphatic heterocycles. The number of rotatable bonds is 1. The van der Waals surface area contributed by atoms with E-state index >= 15 is 0 Å². The highest BCUT2D eigenvalue weighted by Gasteiger charge is 2.21. The molecule has 0 fully saturated rings.